The van der Waals surface area contributed by atoms with E-state index in [-0.39, 0.29) is 16.5 Å². The number of anilines is 1. The number of aromatic nitrogens is 3. The maximum absolute atomic E-state index is 14.4. The van der Waals surface area contributed by atoms with Crippen LogP contribution in [0.15, 0.2) is 36.5 Å². The van der Waals surface area contributed by atoms with E-state index < -0.39 is 17.3 Å². The second-order valence-corrected chi connectivity index (χ2v) is 12.9. The maximum Gasteiger partial charge on any atom is 0.337 e. The number of hydrogen-bond donors (Lipinski definition) is 1. The lowest BCUT2D eigenvalue weighted by molar-refractivity contribution is 0.0506. The minimum absolute atomic E-state index is 0.0675. The van der Waals surface area contributed by atoms with Crippen molar-refractivity contribution in [3.63, 3.8) is 0 Å². The van der Waals surface area contributed by atoms with Crippen LogP contribution < -0.4 is 4.90 Å². The van der Waals surface area contributed by atoms with Crippen molar-refractivity contribution in [1.82, 2.24) is 19.4 Å². The molecule has 0 radical (unpaired) electrons. The van der Waals surface area contributed by atoms with Gasteiger partial charge in [0.1, 0.15) is 23.0 Å². The van der Waals surface area contributed by atoms with E-state index in [1.807, 2.05) is 42.5 Å². The normalized spacial score (nSPS) is 15.0. The predicted molar refractivity (Wildman–Crippen MR) is 168 cm³/mol. The van der Waals surface area contributed by atoms with Gasteiger partial charge in [-0.1, -0.05) is 31.5 Å². The van der Waals surface area contributed by atoms with Crippen molar-refractivity contribution >= 4 is 40.3 Å². The number of nitrogens with zero attached hydrogens (tertiary/aromatic N) is 5. The summed E-state index contributed by atoms with van der Waals surface area (Å²) >= 11 is 5.95. The highest BCUT2D eigenvalue weighted by Crippen LogP contribution is 2.35. The summed E-state index contributed by atoms with van der Waals surface area (Å²) in [6.07, 6.45) is 1.98. The molecule has 1 amide bonds. The van der Waals surface area contributed by atoms with Crippen LogP contribution in [-0.4, -0.2) is 61.6 Å². The highest BCUT2D eigenvalue weighted by molar-refractivity contribution is 6.30. The fourth-order valence-electron chi connectivity index (χ4n) is 6.10. The largest absolute Gasteiger partial charge is 0.478 e. The van der Waals surface area contributed by atoms with Crippen molar-refractivity contribution in [3.8, 4) is 11.1 Å². The van der Waals surface area contributed by atoms with Crippen molar-refractivity contribution < 1.29 is 19.1 Å². The summed E-state index contributed by atoms with van der Waals surface area (Å²) < 4.78 is 16.4. The van der Waals surface area contributed by atoms with Gasteiger partial charge in [0.05, 0.1) is 21.8 Å². The summed E-state index contributed by atoms with van der Waals surface area (Å²) in [5.74, 6) is -0.600. The van der Waals surface area contributed by atoms with Crippen molar-refractivity contribution in [1.29, 1.82) is 0 Å². The van der Waals surface area contributed by atoms with E-state index in [0.29, 0.717) is 66.1 Å². The van der Waals surface area contributed by atoms with Gasteiger partial charge in [0.25, 0.3) is 5.91 Å². The van der Waals surface area contributed by atoms with E-state index in [1.54, 1.807) is 32.0 Å². The Hall–Kier alpha value is -3.98. The van der Waals surface area contributed by atoms with Crippen molar-refractivity contribution in [3.05, 3.63) is 75.4 Å². The highest BCUT2D eigenvalue weighted by atomic mass is 35.5. The summed E-state index contributed by atoms with van der Waals surface area (Å²) in [6.45, 7) is 15.8. The van der Waals surface area contributed by atoms with Gasteiger partial charge in [0.2, 0.25) is 0 Å². The van der Waals surface area contributed by atoms with Gasteiger partial charge in [0, 0.05) is 43.3 Å². The van der Waals surface area contributed by atoms with Crippen molar-refractivity contribution in [2.45, 2.75) is 60.5 Å². The standard InChI is InChI=1S/C33H37ClFN5O3/c1-18(2)15-39-16-24(22-8-9-25(34)26(35)14-22)23-12-20(4)29(37-30(23)39)31(41)40-11-10-38(17-33(40,6)7)27-13-19(3)28(32(42)43)21(5)36-27/h8-9,12-14,16,18H,10-11,15,17H2,1-7H3,(H,42,43). The molecule has 43 heavy (non-hydrogen) atoms. The van der Waals surface area contributed by atoms with Gasteiger partial charge < -0.3 is 19.5 Å². The molecule has 4 aromatic rings. The number of carbonyl (C=O) groups is 2. The summed E-state index contributed by atoms with van der Waals surface area (Å²) in [4.78, 5) is 39.3. The smallest absolute Gasteiger partial charge is 0.337 e. The van der Waals surface area contributed by atoms with E-state index in [9.17, 15) is 19.1 Å². The average molecular weight is 606 g/mol. The summed E-state index contributed by atoms with van der Waals surface area (Å²) in [7, 11) is 0. The Labute approximate surface area is 256 Å². The number of rotatable bonds is 6. The molecule has 1 N–H and O–H groups in total. The Morgan fingerprint density at radius 2 is 1.79 bits per heavy atom. The number of pyridine rings is 2. The number of carboxylic acids is 1. The van der Waals surface area contributed by atoms with Gasteiger partial charge in [-0.3, -0.25) is 4.79 Å². The number of halogens is 2. The minimum Gasteiger partial charge on any atom is -0.478 e. The van der Waals surface area contributed by atoms with Crippen LogP contribution >= 0.6 is 11.6 Å². The van der Waals surface area contributed by atoms with Crippen molar-refractivity contribution in [2.24, 2.45) is 5.92 Å². The number of piperazine rings is 1. The third kappa shape index (κ3) is 5.70. The number of carbonyl (C=O) groups excluding carboxylic acids is 1. The van der Waals surface area contributed by atoms with E-state index in [2.05, 4.69) is 23.7 Å². The molecule has 0 atom stereocenters. The molecule has 0 aliphatic carbocycles. The van der Waals surface area contributed by atoms with Gasteiger partial charge in [-0.05, 0) is 81.5 Å². The predicted octanol–water partition coefficient (Wildman–Crippen LogP) is 6.91. The van der Waals surface area contributed by atoms with E-state index in [4.69, 9.17) is 16.6 Å². The third-order valence-corrected chi connectivity index (χ3v) is 8.41. The topological polar surface area (TPSA) is 91.6 Å². The molecular formula is C33H37ClFN5O3. The van der Waals surface area contributed by atoms with Crippen LogP contribution in [0, 0.1) is 32.5 Å². The summed E-state index contributed by atoms with van der Waals surface area (Å²) in [5, 5.41) is 10.5. The molecule has 0 saturated carbocycles. The van der Waals surface area contributed by atoms with Crippen LogP contribution in [0.3, 0.4) is 0 Å². The molecular weight excluding hydrogens is 569 g/mol. The zero-order chi connectivity index (χ0) is 31.4. The molecule has 1 aliphatic heterocycles. The Morgan fingerprint density at radius 3 is 2.40 bits per heavy atom. The Kier molecular flexibility index (Phi) is 7.98. The monoisotopic (exact) mass is 605 g/mol. The maximum atomic E-state index is 14.4. The van der Waals surface area contributed by atoms with E-state index >= 15 is 0 Å². The van der Waals surface area contributed by atoms with Crippen LogP contribution in [0.25, 0.3) is 22.2 Å². The first kappa shape index (κ1) is 30.5. The quantitative estimate of drug-likeness (QED) is 0.257. The molecule has 3 aromatic heterocycles. The number of fused-ring (bicyclic) bond motifs is 1. The third-order valence-electron chi connectivity index (χ3n) is 8.10. The van der Waals surface area contributed by atoms with Gasteiger partial charge >= 0.3 is 5.97 Å². The lowest BCUT2D eigenvalue weighted by Crippen LogP contribution is -2.61. The molecule has 0 bridgehead atoms. The fraction of sp³-hybridized carbons (Fsp3) is 0.394. The molecule has 1 fully saturated rings. The molecule has 10 heteroatoms. The zero-order valence-electron chi connectivity index (χ0n) is 25.6. The Morgan fingerprint density at radius 1 is 1.07 bits per heavy atom. The molecule has 0 unspecified atom stereocenters. The van der Waals surface area contributed by atoms with E-state index in [1.165, 1.54) is 6.07 Å². The second-order valence-electron chi connectivity index (χ2n) is 12.5. The molecule has 4 heterocycles. The number of carboxylic acid groups (broad SMARTS) is 1. The first-order chi connectivity index (χ1) is 20.2. The Bertz CT molecular complexity index is 1740. The number of amides is 1. The van der Waals surface area contributed by atoms with Crippen molar-refractivity contribution in [2.75, 3.05) is 24.5 Å². The number of hydrogen-bond acceptors (Lipinski definition) is 5. The van der Waals surface area contributed by atoms with Gasteiger partial charge in [-0.2, -0.15) is 0 Å². The summed E-state index contributed by atoms with van der Waals surface area (Å²) in [5.41, 5.74) is 4.14. The average Bonchev–Trinajstić information content (AvgIpc) is 3.24. The lowest BCUT2D eigenvalue weighted by Gasteiger charge is -2.47. The number of benzene rings is 1. The van der Waals surface area contributed by atoms with E-state index in [0.717, 1.165) is 16.5 Å². The molecule has 0 spiro atoms. The molecule has 5 rings (SSSR count). The van der Waals surface area contributed by atoms with Crippen LogP contribution in [0.4, 0.5) is 10.2 Å². The van der Waals surface area contributed by atoms with Crippen LogP contribution in [0.5, 0.6) is 0 Å². The van der Waals surface area contributed by atoms with Crippen LogP contribution in [0.2, 0.25) is 5.02 Å². The number of aryl methyl sites for hydroxylation is 3. The minimum atomic E-state index is -0.989. The summed E-state index contributed by atoms with van der Waals surface area (Å²) in [6, 6.07) is 8.55. The van der Waals surface area contributed by atoms with Gasteiger partial charge in [0.15, 0.2) is 0 Å². The van der Waals surface area contributed by atoms with Crippen LogP contribution in [0.1, 0.15) is 65.4 Å². The Balaban J connectivity index is 1.49. The molecule has 1 saturated heterocycles. The molecule has 8 nitrogen and oxygen atoms in total. The molecule has 1 aromatic carbocycles. The zero-order valence-corrected chi connectivity index (χ0v) is 26.4. The van der Waals surface area contributed by atoms with Crippen LogP contribution in [-0.2, 0) is 6.54 Å². The van der Waals surface area contributed by atoms with Gasteiger partial charge in [-0.25, -0.2) is 19.2 Å². The highest BCUT2D eigenvalue weighted by Gasteiger charge is 2.39. The lowest BCUT2D eigenvalue weighted by atomic mass is 9.97. The number of aromatic carboxylic acids is 1. The van der Waals surface area contributed by atoms with Gasteiger partial charge in [-0.15, -0.1) is 0 Å². The SMILES string of the molecule is Cc1cc2c(-c3ccc(Cl)c(F)c3)cn(CC(C)C)c2nc1C(=O)N1CCN(c2cc(C)c(C(=O)O)c(C)n2)CC1(C)C. The first-order valence-electron chi connectivity index (χ1n) is 14.4. The first-order valence-corrected chi connectivity index (χ1v) is 14.8. The molecule has 1 aliphatic rings. The second kappa shape index (κ2) is 11.3. The molecule has 226 valence electrons. The fourth-order valence-corrected chi connectivity index (χ4v) is 6.22.